The van der Waals surface area contributed by atoms with Crippen molar-refractivity contribution >= 4 is 86.8 Å². The van der Waals surface area contributed by atoms with Gasteiger partial charge in [-0.1, -0.05) is 70.8 Å². The lowest BCUT2D eigenvalue weighted by Crippen LogP contribution is -2.46. The maximum absolute atomic E-state index is 12.9. The highest BCUT2D eigenvalue weighted by atomic mass is 35.5. The molecule has 2 N–H and O–H groups in total. The third-order valence-electron chi connectivity index (χ3n) is 5.01. The second-order valence-electron chi connectivity index (χ2n) is 7.50. The minimum Gasteiger partial charge on any atom is -0.493 e. The molecule has 3 amide bonds. The zero-order valence-corrected chi connectivity index (χ0v) is 23.0. The minimum absolute atomic E-state index is 0.173. The number of rotatable bonds is 7. The van der Waals surface area contributed by atoms with Crippen LogP contribution in [0.1, 0.15) is 11.1 Å². The summed E-state index contributed by atoms with van der Waals surface area (Å²) in [6.07, 6.45) is 1.65. The largest absolute Gasteiger partial charge is 0.493 e. The summed E-state index contributed by atoms with van der Waals surface area (Å²) in [6.45, 7) is 0.268. The van der Waals surface area contributed by atoms with E-state index in [9.17, 15) is 9.59 Å². The molecule has 4 rings (SSSR count). The van der Waals surface area contributed by atoms with E-state index in [4.69, 9.17) is 56.5 Å². The van der Waals surface area contributed by atoms with Gasteiger partial charge in [-0.3, -0.25) is 4.79 Å². The van der Waals surface area contributed by atoms with Gasteiger partial charge < -0.3 is 14.8 Å². The smallest absolute Gasteiger partial charge is 0.338 e. The second kappa shape index (κ2) is 12.1. The number of thiocarbonyl (C=S) groups is 1. The Kier molecular flexibility index (Phi) is 8.83. The summed E-state index contributed by atoms with van der Waals surface area (Å²) in [6, 6.07) is 16.6. The molecule has 0 atom stereocenters. The maximum atomic E-state index is 12.9. The van der Waals surface area contributed by atoms with E-state index in [2.05, 4.69) is 10.7 Å². The van der Waals surface area contributed by atoms with Gasteiger partial charge in [-0.25, -0.2) is 10.2 Å². The Labute approximate surface area is 237 Å². The molecule has 0 aliphatic carbocycles. The van der Waals surface area contributed by atoms with Gasteiger partial charge in [0.05, 0.1) is 22.1 Å². The molecule has 3 aromatic rings. The fraction of sp³-hybridized carbons (Fsp3) is 0.0800. The Hall–Kier alpha value is -2.95. The lowest BCUT2D eigenvalue weighted by Gasteiger charge is -2.16. The van der Waals surface area contributed by atoms with Crippen molar-refractivity contribution in [3.05, 3.63) is 91.8 Å². The first-order chi connectivity index (χ1) is 17.7. The number of carbonyl (C=O) groups excluding carboxylic acids is 2. The molecule has 0 bridgehead atoms. The number of hydrogen-bond donors (Lipinski definition) is 2. The Morgan fingerprint density at radius 1 is 1.03 bits per heavy atom. The molecular formula is C25H18Cl3N3O4S2. The molecule has 0 saturated carbocycles. The van der Waals surface area contributed by atoms with Crippen molar-refractivity contribution in [3.8, 4) is 11.5 Å². The van der Waals surface area contributed by atoms with Crippen LogP contribution in [0.25, 0.3) is 6.08 Å². The average molecular weight is 595 g/mol. The van der Waals surface area contributed by atoms with E-state index in [1.54, 1.807) is 42.5 Å². The van der Waals surface area contributed by atoms with Gasteiger partial charge >= 0.3 is 6.03 Å². The lowest BCUT2D eigenvalue weighted by atomic mass is 10.2. The monoisotopic (exact) mass is 593 g/mol. The molecule has 12 heteroatoms. The number of nitrogens with one attached hydrogen (secondary N) is 2. The van der Waals surface area contributed by atoms with Crippen LogP contribution >= 0.6 is 58.8 Å². The molecular weight excluding hydrogens is 577 g/mol. The van der Waals surface area contributed by atoms with Crippen molar-refractivity contribution in [2.24, 2.45) is 0 Å². The van der Waals surface area contributed by atoms with Gasteiger partial charge in [-0.2, -0.15) is 5.01 Å². The molecule has 1 saturated heterocycles. The van der Waals surface area contributed by atoms with Gasteiger partial charge in [0.2, 0.25) is 0 Å². The number of urea groups is 1. The molecule has 1 heterocycles. The number of halogens is 3. The van der Waals surface area contributed by atoms with Crippen molar-refractivity contribution < 1.29 is 19.1 Å². The third-order valence-corrected chi connectivity index (χ3v) is 7.42. The standard InChI is InChI=1S/C25H18Cl3N3O4S2/c1-34-21-10-14(6-9-20(21)35-13-15-4-2-3-5-17(15)26)11-22-23(32)31(25(36)37-22)30-24(33)29-16-7-8-18(27)19(28)12-16/h2-12H,13H2,1H3,(H2,29,30,33)/b22-11+. The number of hydrazine groups is 1. The zero-order valence-electron chi connectivity index (χ0n) is 19.1. The van der Waals surface area contributed by atoms with Gasteiger partial charge in [0, 0.05) is 16.3 Å². The van der Waals surface area contributed by atoms with E-state index in [0.29, 0.717) is 37.7 Å². The summed E-state index contributed by atoms with van der Waals surface area (Å²) in [5.74, 6) is 0.528. The predicted molar refractivity (Wildman–Crippen MR) is 152 cm³/mol. The van der Waals surface area contributed by atoms with Gasteiger partial charge in [-0.05, 0) is 60.3 Å². The Balaban J connectivity index is 1.43. The average Bonchev–Trinajstić information content (AvgIpc) is 3.13. The van der Waals surface area contributed by atoms with Crippen LogP contribution < -0.4 is 20.2 Å². The van der Waals surface area contributed by atoms with Crippen LogP contribution in [-0.4, -0.2) is 28.4 Å². The zero-order chi connectivity index (χ0) is 26.5. The number of benzene rings is 3. The van der Waals surface area contributed by atoms with Crippen LogP contribution in [0.2, 0.25) is 15.1 Å². The summed E-state index contributed by atoms with van der Waals surface area (Å²) >= 11 is 24.4. The second-order valence-corrected chi connectivity index (χ2v) is 10.4. The van der Waals surface area contributed by atoms with Crippen LogP contribution in [0.5, 0.6) is 11.5 Å². The van der Waals surface area contributed by atoms with E-state index >= 15 is 0 Å². The first kappa shape index (κ1) is 27.1. The van der Waals surface area contributed by atoms with Crippen molar-refractivity contribution in [2.45, 2.75) is 6.61 Å². The highest BCUT2D eigenvalue weighted by molar-refractivity contribution is 8.26. The Morgan fingerprint density at radius 2 is 1.81 bits per heavy atom. The fourth-order valence-corrected chi connectivity index (χ4v) is 4.88. The van der Waals surface area contributed by atoms with Crippen LogP contribution in [0.4, 0.5) is 10.5 Å². The Bertz CT molecular complexity index is 1420. The molecule has 190 valence electrons. The molecule has 3 aromatic carbocycles. The van der Waals surface area contributed by atoms with E-state index in [1.165, 1.54) is 13.2 Å². The first-order valence-corrected chi connectivity index (χ1v) is 13.0. The highest BCUT2D eigenvalue weighted by Crippen LogP contribution is 2.34. The minimum atomic E-state index is -0.669. The van der Waals surface area contributed by atoms with Crippen molar-refractivity contribution in [1.29, 1.82) is 0 Å². The molecule has 1 aliphatic heterocycles. The number of anilines is 1. The van der Waals surface area contributed by atoms with E-state index in [0.717, 1.165) is 22.3 Å². The molecule has 1 aliphatic rings. The number of ether oxygens (including phenoxy) is 2. The van der Waals surface area contributed by atoms with Crippen molar-refractivity contribution in [3.63, 3.8) is 0 Å². The third kappa shape index (κ3) is 6.68. The van der Waals surface area contributed by atoms with Crippen LogP contribution in [0.3, 0.4) is 0 Å². The predicted octanol–water partition coefficient (Wildman–Crippen LogP) is 7.17. The fourth-order valence-electron chi connectivity index (χ4n) is 3.21. The summed E-state index contributed by atoms with van der Waals surface area (Å²) in [5.41, 5.74) is 4.37. The van der Waals surface area contributed by atoms with Crippen LogP contribution in [0, 0.1) is 0 Å². The van der Waals surface area contributed by atoms with Crippen molar-refractivity contribution in [2.75, 3.05) is 12.4 Å². The SMILES string of the molecule is COc1cc(/C=C2/SC(=S)N(NC(=O)Nc3ccc(Cl)c(Cl)c3)C2=O)ccc1OCc1ccccc1Cl. The highest BCUT2D eigenvalue weighted by Gasteiger charge is 2.33. The summed E-state index contributed by atoms with van der Waals surface area (Å²) in [7, 11) is 1.53. The van der Waals surface area contributed by atoms with E-state index in [1.807, 2.05) is 18.2 Å². The summed E-state index contributed by atoms with van der Waals surface area (Å²) in [5, 5.41) is 4.82. The van der Waals surface area contributed by atoms with Crippen molar-refractivity contribution in [1.82, 2.24) is 10.4 Å². The van der Waals surface area contributed by atoms with Gasteiger partial charge in [0.15, 0.2) is 15.8 Å². The van der Waals surface area contributed by atoms with Gasteiger partial charge in [0.1, 0.15) is 6.61 Å². The molecule has 0 aromatic heterocycles. The summed E-state index contributed by atoms with van der Waals surface area (Å²) in [4.78, 5) is 25.7. The molecule has 7 nitrogen and oxygen atoms in total. The first-order valence-electron chi connectivity index (χ1n) is 10.6. The Morgan fingerprint density at radius 3 is 2.54 bits per heavy atom. The molecule has 0 radical (unpaired) electrons. The quantitative estimate of drug-likeness (QED) is 0.223. The van der Waals surface area contributed by atoms with Crippen LogP contribution in [-0.2, 0) is 11.4 Å². The van der Waals surface area contributed by atoms with E-state index in [-0.39, 0.29) is 16.0 Å². The maximum Gasteiger partial charge on any atom is 0.338 e. The number of nitrogens with zero attached hydrogens (tertiary/aromatic N) is 1. The normalized spacial score (nSPS) is 14.2. The number of thioether (sulfide) groups is 1. The van der Waals surface area contributed by atoms with Gasteiger partial charge in [0.25, 0.3) is 5.91 Å². The number of hydrogen-bond acceptors (Lipinski definition) is 6. The molecule has 37 heavy (non-hydrogen) atoms. The lowest BCUT2D eigenvalue weighted by molar-refractivity contribution is -0.123. The molecule has 0 spiro atoms. The number of carbonyl (C=O) groups is 2. The van der Waals surface area contributed by atoms with Gasteiger partial charge in [-0.15, -0.1) is 0 Å². The topological polar surface area (TPSA) is 79.9 Å². The molecule has 1 fully saturated rings. The summed E-state index contributed by atoms with van der Waals surface area (Å²) < 4.78 is 11.5. The van der Waals surface area contributed by atoms with Crippen LogP contribution in [0.15, 0.2) is 65.6 Å². The number of amides is 3. The number of methoxy groups -OCH3 is 1. The molecule has 0 unspecified atom stereocenters. The van der Waals surface area contributed by atoms with E-state index < -0.39 is 11.9 Å².